The monoisotopic (exact) mass is 301 g/mol. The van der Waals surface area contributed by atoms with Gasteiger partial charge in [-0.05, 0) is 18.6 Å². The number of esters is 1. The summed E-state index contributed by atoms with van der Waals surface area (Å²) in [7, 11) is -1.56. The number of carbonyl (C=O) groups is 1. The third-order valence-electron chi connectivity index (χ3n) is 2.67. The maximum absolute atomic E-state index is 11.8. The van der Waals surface area contributed by atoms with Crippen LogP contribution in [0, 0.1) is 0 Å². The Morgan fingerprint density at radius 2 is 2.00 bits per heavy atom. The van der Waals surface area contributed by atoms with Crippen molar-refractivity contribution in [2.24, 2.45) is 0 Å². The van der Waals surface area contributed by atoms with E-state index in [0.717, 1.165) is 0 Å². The molecule has 112 valence electrons. The van der Waals surface area contributed by atoms with Crippen LogP contribution in [0.4, 0.5) is 5.69 Å². The SMILES string of the molecule is CCS(=O)(=O)CCCOC(=O)c1cc(N)cc(OC)c1. The lowest BCUT2D eigenvalue weighted by atomic mass is 10.2. The number of rotatable bonds is 7. The topological polar surface area (TPSA) is 95.7 Å². The van der Waals surface area contributed by atoms with Gasteiger partial charge < -0.3 is 15.2 Å². The molecule has 0 saturated carbocycles. The summed E-state index contributed by atoms with van der Waals surface area (Å²) >= 11 is 0. The fourth-order valence-corrected chi connectivity index (χ4v) is 2.38. The van der Waals surface area contributed by atoms with Crippen LogP contribution in [0.15, 0.2) is 18.2 Å². The summed E-state index contributed by atoms with van der Waals surface area (Å²) in [6.45, 7) is 1.63. The number of nitrogens with two attached hydrogens (primary N) is 1. The molecule has 1 rings (SSSR count). The molecule has 0 amide bonds. The van der Waals surface area contributed by atoms with E-state index in [1.807, 2.05) is 0 Å². The highest BCUT2D eigenvalue weighted by Gasteiger charge is 2.11. The van der Waals surface area contributed by atoms with Crippen molar-refractivity contribution in [3.05, 3.63) is 23.8 Å². The van der Waals surface area contributed by atoms with Crippen molar-refractivity contribution in [1.82, 2.24) is 0 Å². The molecule has 0 aromatic heterocycles. The summed E-state index contributed by atoms with van der Waals surface area (Å²) in [5.74, 6) is 0.0136. The maximum Gasteiger partial charge on any atom is 0.338 e. The predicted octanol–water partition coefficient (Wildman–Crippen LogP) is 1.26. The van der Waals surface area contributed by atoms with Gasteiger partial charge in [-0.2, -0.15) is 0 Å². The number of carbonyl (C=O) groups excluding carboxylic acids is 1. The van der Waals surface area contributed by atoms with Gasteiger partial charge in [0.1, 0.15) is 15.6 Å². The first-order valence-electron chi connectivity index (χ1n) is 6.20. The fraction of sp³-hybridized carbons (Fsp3) is 0.462. The smallest absolute Gasteiger partial charge is 0.338 e. The minimum absolute atomic E-state index is 0.0109. The van der Waals surface area contributed by atoms with E-state index in [-0.39, 0.29) is 30.1 Å². The van der Waals surface area contributed by atoms with Crippen molar-refractivity contribution in [2.45, 2.75) is 13.3 Å². The molecular weight excluding hydrogens is 282 g/mol. The van der Waals surface area contributed by atoms with Crippen molar-refractivity contribution >= 4 is 21.5 Å². The Labute approximate surface area is 118 Å². The molecule has 2 N–H and O–H groups in total. The quantitative estimate of drug-likeness (QED) is 0.463. The van der Waals surface area contributed by atoms with Gasteiger partial charge >= 0.3 is 5.97 Å². The molecule has 0 heterocycles. The first-order valence-corrected chi connectivity index (χ1v) is 8.02. The molecule has 0 radical (unpaired) electrons. The third-order valence-corrected chi connectivity index (χ3v) is 4.46. The van der Waals surface area contributed by atoms with Crippen LogP contribution in [0.2, 0.25) is 0 Å². The van der Waals surface area contributed by atoms with Crippen LogP contribution in [0.1, 0.15) is 23.7 Å². The number of benzene rings is 1. The largest absolute Gasteiger partial charge is 0.497 e. The Kier molecular flexibility index (Phi) is 5.82. The van der Waals surface area contributed by atoms with Crippen molar-refractivity contribution in [2.75, 3.05) is 31.0 Å². The number of hydrogen-bond acceptors (Lipinski definition) is 6. The number of sulfone groups is 1. The van der Waals surface area contributed by atoms with Crippen molar-refractivity contribution < 1.29 is 22.7 Å². The van der Waals surface area contributed by atoms with Gasteiger partial charge in [0.05, 0.1) is 25.0 Å². The summed E-state index contributed by atoms with van der Waals surface area (Å²) in [5, 5.41) is 0. The van der Waals surface area contributed by atoms with Crippen molar-refractivity contribution in [1.29, 1.82) is 0 Å². The summed E-state index contributed by atoms with van der Waals surface area (Å²) in [6.07, 6.45) is 0.279. The van der Waals surface area contributed by atoms with Crippen LogP contribution in [0.25, 0.3) is 0 Å². The van der Waals surface area contributed by atoms with E-state index < -0.39 is 15.8 Å². The van der Waals surface area contributed by atoms with Crippen molar-refractivity contribution in [3.63, 3.8) is 0 Å². The normalized spacial score (nSPS) is 11.1. The molecule has 0 unspecified atom stereocenters. The average Bonchev–Trinajstić information content (AvgIpc) is 2.42. The zero-order chi connectivity index (χ0) is 15.2. The lowest BCUT2D eigenvalue weighted by Crippen LogP contribution is -2.13. The standard InChI is InChI=1S/C13H19NO5S/c1-3-20(16,17)6-4-5-19-13(15)10-7-11(14)9-12(8-10)18-2/h7-9H,3-6,14H2,1-2H3. The van der Waals surface area contributed by atoms with Gasteiger partial charge in [-0.25, -0.2) is 13.2 Å². The molecule has 0 spiro atoms. The Morgan fingerprint density at radius 3 is 2.60 bits per heavy atom. The Morgan fingerprint density at radius 1 is 1.30 bits per heavy atom. The van der Waals surface area contributed by atoms with E-state index in [0.29, 0.717) is 11.4 Å². The van der Waals surface area contributed by atoms with Gasteiger partial charge in [0.2, 0.25) is 0 Å². The Bertz CT molecular complexity index is 568. The summed E-state index contributed by atoms with van der Waals surface area (Å²) in [5.41, 5.74) is 6.31. The molecule has 0 aliphatic carbocycles. The van der Waals surface area contributed by atoms with E-state index in [1.165, 1.54) is 19.2 Å². The predicted molar refractivity (Wildman–Crippen MR) is 76.6 cm³/mol. The maximum atomic E-state index is 11.8. The molecule has 0 aliphatic rings. The molecule has 0 bridgehead atoms. The second kappa shape index (κ2) is 7.14. The van der Waals surface area contributed by atoms with E-state index >= 15 is 0 Å². The average molecular weight is 301 g/mol. The molecular formula is C13H19NO5S. The number of anilines is 1. The first kappa shape index (κ1) is 16.3. The lowest BCUT2D eigenvalue weighted by Gasteiger charge is -2.07. The van der Waals surface area contributed by atoms with Gasteiger partial charge in [0.25, 0.3) is 0 Å². The van der Waals surface area contributed by atoms with Gasteiger partial charge in [-0.1, -0.05) is 6.92 Å². The van der Waals surface area contributed by atoms with Crippen LogP contribution < -0.4 is 10.5 Å². The summed E-state index contributed by atoms with van der Waals surface area (Å²) in [6, 6.07) is 4.58. The highest BCUT2D eigenvalue weighted by Crippen LogP contribution is 2.19. The minimum Gasteiger partial charge on any atom is -0.497 e. The summed E-state index contributed by atoms with van der Waals surface area (Å²) < 4.78 is 32.5. The molecule has 1 aromatic rings. The van der Waals surface area contributed by atoms with E-state index in [4.69, 9.17) is 15.2 Å². The van der Waals surface area contributed by atoms with Crippen LogP contribution in [0.5, 0.6) is 5.75 Å². The molecule has 0 saturated heterocycles. The number of nitrogen functional groups attached to an aromatic ring is 1. The first-order chi connectivity index (χ1) is 9.38. The van der Waals surface area contributed by atoms with E-state index in [2.05, 4.69) is 0 Å². The zero-order valence-corrected chi connectivity index (χ0v) is 12.4. The van der Waals surface area contributed by atoms with Crippen LogP contribution in [-0.2, 0) is 14.6 Å². The van der Waals surface area contributed by atoms with Crippen LogP contribution in [-0.4, -0.2) is 39.6 Å². The van der Waals surface area contributed by atoms with Gasteiger partial charge in [-0.3, -0.25) is 0 Å². The van der Waals surface area contributed by atoms with Crippen molar-refractivity contribution in [3.8, 4) is 5.75 Å². The molecule has 1 aromatic carbocycles. The molecule has 0 aliphatic heterocycles. The highest BCUT2D eigenvalue weighted by molar-refractivity contribution is 7.91. The van der Waals surface area contributed by atoms with Crippen LogP contribution >= 0.6 is 0 Å². The fourth-order valence-electron chi connectivity index (χ4n) is 1.53. The number of ether oxygens (including phenoxy) is 2. The summed E-state index contributed by atoms with van der Waals surface area (Å²) in [4.78, 5) is 11.8. The second-order valence-corrected chi connectivity index (χ2v) is 6.69. The molecule has 6 nitrogen and oxygen atoms in total. The molecule has 7 heteroatoms. The van der Waals surface area contributed by atoms with E-state index in [1.54, 1.807) is 13.0 Å². The number of methoxy groups -OCH3 is 1. The second-order valence-electron chi connectivity index (χ2n) is 4.22. The number of hydrogen-bond donors (Lipinski definition) is 1. The minimum atomic E-state index is -3.03. The Balaban J connectivity index is 2.53. The van der Waals surface area contributed by atoms with Gasteiger partial charge in [-0.15, -0.1) is 0 Å². The Hall–Kier alpha value is -1.76. The van der Waals surface area contributed by atoms with Gasteiger partial charge in [0.15, 0.2) is 0 Å². The lowest BCUT2D eigenvalue weighted by molar-refractivity contribution is 0.0505. The van der Waals surface area contributed by atoms with Gasteiger partial charge in [0, 0.05) is 17.5 Å². The highest BCUT2D eigenvalue weighted by atomic mass is 32.2. The molecule has 20 heavy (non-hydrogen) atoms. The third kappa shape index (κ3) is 5.08. The zero-order valence-electron chi connectivity index (χ0n) is 11.6. The molecule has 0 fully saturated rings. The van der Waals surface area contributed by atoms with E-state index in [9.17, 15) is 13.2 Å². The van der Waals surface area contributed by atoms with Crippen LogP contribution in [0.3, 0.4) is 0 Å². The molecule has 0 atom stereocenters.